The van der Waals surface area contributed by atoms with Crippen LogP contribution in [0.15, 0.2) is 48.5 Å². The zero-order chi connectivity index (χ0) is 20.1. The van der Waals surface area contributed by atoms with E-state index >= 15 is 0 Å². The van der Waals surface area contributed by atoms with E-state index in [0.29, 0.717) is 10.7 Å². The summed E-state index contributed by atoms with van der Waals surface area (Å²) in [5.74, 6) is 0.0454. The molecule has 0 spiro atoms. The van der Waals surface area contributed by atoms with Crippen molar-refractivity contribution in [1.29, 1.82) is 0 Å². The maximum atomic E-state index is 12.7. The van der Waals surface area contributed by atoms with E-state index in [1.54, 1.807) is 12.1 Å². The second-order valence-corrected chi connectivity index (χ2v) is 8.58. The summed E-state index contributed by atoms with van der Waals surface area (Å²) in [6, 6.07) is 14.8. The molecule has 1 aliphatic carbocycles. The molecule has 0 unspecified atom stereocenters. The molecule has 4 rings (SSSR count). The van der Waals surface area contributed by atoms with E-state index in [1.807, 2.05) is 36.4 Å². The lowest BCUT2D eigenvalue weighted by Crippen LogP contribution is -2.23. The van der Waals surface area contributed by atoms with Gasteiger partial charge in [0.15, 0.2) is 5.13 Å². The number of hydrogen-bond donors (Lipinski definition) is 2. The second kappa shape index (κ2) is 11.6. The molecule has 2 aromatic carbocycles. The number of rotatable bonds is 4. The Kier molecular flexibility index (Phi) is 9.19. The first kappa shape index (κ1) is 24.5. The first-order valence-electron chi connectivity index (χ1n) is 10.3. The molecule has 1 fully saturated rings. The molecule has 0 bridgehead atoms. The van der Waals surface area contributed by atoms with Crippen molar-refractivity contribution in [3.05, 3.63) is 54.1 Å². The maximum absolute atomic E-state index is 12.7. The number of carbonyl (C=O) groups is 2. The Morgan fingerprint density at radius 2 is 1.55 bits per heavy atom. The van der Waals surface area contributed by atoms with Crippen LogP contribution in [-0.4, -0.2) is 16.8 Å². The van der Waals surface area contributed by atoms with Gasteiger partial charge in [0.2, 0.25) is 5.91 Å². The summed E-state index contributed by atoms with van der Waals surface area (Å²) >= 11 is 1.41. The fourth-order valence-electron chi connectivity index (χ4n) is 3.78. The predicted molar refractivity (Wildman–Crippen MR) is 132 cm³/mol. The van der Waals surface area contributed by atoms with Gasteiger partial charge in [0.1, 0.15) is 0 Å². The molecular weight excluding hydrogens is 406 g/mol. The Balaban J connectivity index is 0.00000171. The van der Waals surface area contributed by atoms with Gasteiger partial charge in [0.25, 0.3) is 5.91 Å². The lowest BCUT2D eigenvalue weighted by molar-refractivity contribution is -0.120. The molecule has 31 heavy (non-hydrogen) atoms. The average Bonchev–Trinajstić information content (AvgIpc) is 3.09. The number of carbonyl (C=O) groups excluding carboxylic acids is 2. The standard InChI is InChI=1S/C23H25N3O2S.2CH4/c27-21(16-9-5-2-1-3-6-10-16)24-18-13-14-19-20(15-18)29-23(25-19)26-22(28)17-11-7-4-8-12-17;;/h4,7-8,11-16H,1-3,5-6,9-10H2,(H,24,27)(H,25,26,28);2*1H4. The van der Waals surface area contributed by atoms with Crippen molar-refractivity contribution in [3.63, 3.8) is 0 Å². The van der Waals surface area contributed by atoms with Crippen LogP contribution in [0.5, 0.6) is 0 Å². The topological polar surface area (TPSA) is 71.1 Å². The predicted octanol–water partition coefficient (Wildman–Crippen LogP) is 7.12. The van der Waals surface area contributed by atoms with Crippen LogP contribution in [0.25, 0.3) is 10.2 Å². The lowest BCUT2D eigenvalue weighted by Gasteiger charge is -2.19. The third-order valence-electron chi connectivity index (χ3n) is 5.39. The molecule has 1 heterocycles. The summed E-state index contributed by atoms with van der Waals surface area (Å²) in [5.41, 5.74) is 2.19. The molecule has 0 aliphatic heterocycles. The number of thiazole rings is 1. The van der Waals surface area contributed by atoms with E-state index in [1.165, 1.54) is 30.6 Å². The Bertz CT molecular complexity index is 992. The fraction of sp³-hybridized carbons (Fsp3) is 0.400. The molecule has 0 atom stereocenters. The van der Waals surface area contributed by atoms with Crippen molar-refractivity contribution in [2.75, 3.05) is 10.6 Å². The zero-order valence-electron chi connectivity index (χ0n) is 16.3. The molecular formula is C25H33N3O2S. The molecule has 3 aromatic rings. The molecule has 0 saturated heterocycles. The smallest absolute Gasteiger partial charge is 0.257 e. The maximum Gasteiger partial charge on any atom is 0.257 e. The quantitative estimate of drug-likeness (QED) is 0.454. The van der Waals surface area contributed by atoms with Gasteiger partial charge in [0, 0.05) is 17.2 Å². The number of nitrogens with one attached hydrogen (secondary N) is 2. The largest absolute Gasteiger partial charge is 0.326 e. The number of hydrogen-bond acceptors (Lipinski definition) is 4. The van der Waals surface area contributed by atoms with Crippen LogP contribution in [0.3, 0.4) is 0 Å². The number of fused-ring (bicyclic) bond motifs is 1. The van der Waals surface area contributed by atoms with Crippen molar-refractivity contribution < 1.29 is 9.59 Å². The number of anilines is 2. The van der Waals surface area contributed by atoms with Crippen LogP contribution in [0, 0.1) is 5.92 Å². The van der Waals surface area contributed by atoms with E-state index in [4.69, 9.17) is 0 Å². The Morgan fingerprint density at radius 3 is 2.26 bits per heavy atom. The Labute approximate surface area is 189 Å². The van der Waals surface area contributed by atoms with Gasteiger partial charge in [-0.2, -0.15) is 0 Å². The summed E-state index contributed by atoms with van der Waals surface area (Å²) in [5, 5.41) is 6.49. The third kappa shape index (κ3) is 6.37. The molecule has 2 amide bonds. The SMILES string of the molecule is C.C.O=C(Nc1nc2ccc(NC(=O)C3CCCCCCC3)cc2s1)c1ccccc1. The van der Waals surface area contributed by atoms with Gasteiger partial charge in [-0.15, -0.1) is 0 Å². The number of amides is 2. The minimum Gasteiger partial charge on any atom is -0.326 e. The number of nitrogens with zero attached hydrogens (tertiary/aromatic N) is 1. The number of aromatic nitrogens is 1. The molecule has 166 valence electrons. The van der Waals surface area contributed by atoms with E-state index in [9.17, 15) is 9.59 Å². The lowest BCUT2D eigenvalue weighted by atomic mass is 9.90. The molecule has 2 N–H and O–H groups in total. The summed E-state index contributed by atoms with van der Waals surface area (Å²) in [4.78, 5) is 29.5. The molecule has 1 saturated carbocycles. The minimum absolute atomic E-state index is 0. The van der Waals surface area contributed by atoms with Crippen LogP contribution >= 0.6 is 11.3 Å². The van der Waals surface area contributed by atoms with Gasteiger partial charge >= 0.3 is 0 Å². The fourth-order valence-corrected chi connectivity index (χ4v) is 4.68. The van der Waals surface area contributed by atoms with Crippen molar-refractivity contribution in [3.8, 4) is 0 Å². The highest BCUT2D eigenvalue weighted by Crippen LogP contribution is 2.30. The molecule has 1 aliphatic rings. The van der Waals surface area contributed by atoms with Crippen LogP contribution in [-0.2, 0) is 4.79 Å². The van der Waals surface area contributed by atoms with Gasteiger partial charge in [0.05, 0.1) is 10.2 Å². The summed E-state index contributed by atoms with van der Waals surface area (Å²) in [7, 11) is 0. The normalized spacial score (nSPS) is 14.5. The first-order valence-corrected chi connectivity index (χ1v) is 11.1. The van der Waals surface area contributed by atoms with Crippen LogP contribution in [0.2, 0.25) is 0 Å². The monoisotopic (exact) mass is 439 g/mol. The molecule has 6 heteroatoms. The third-order valence-corrected chi connectivity index (χ3v) is 6.32. The van der Waals surface area contributed by atoms with Gasteiger partial charge < -0.3 is 5.32 Å². The summed E-state index contributed by atoms with van der Waals surface area (Å²) in [6.45, 7) is 0. The molecule has 0 radical (unpaired) electrons. The average molecular weight is 440 g/mol. The van der Waals surface area contributed by atoms with E-state index in [2.05, 4.69) is 15.6 Å². The van der Waals surface area contributed by atoms with Crippen LogP contribution in [0.1, 0.15) is 70.2 Å². The highest BCUT2D eigenvalue weighted by atomic mass is 32.1. The van der Waals surface area contributed by atoms with Crippen molar-refractivity contribution in [2.24, 2.45) is 5.92 Å². The van der Waals surface area contributed by atoms with Crippen molar-refractivity contribution in [1.82, 2.24) is 4.98 Å². The highest BCUT2D eigenvalue weighted by Gasteiger charge is 2.19. The zero-order valence-corrected chi connectivity index (χ0v) is 17.1. The van der Waals surface area contributed by atoms with E-state index in [-0.39, 0.29) is 32.6 Å². The minimum atomic E-state index is -0.178. The van der Waals surface area contributed by atoms with Crippen molar-refractivity contribution >= 4 is 44.2 Å². The van der Waals surface area contributed by atoms with E-state index < -0.39 is 0 Å². The van der Waals surface area contributed by atoms with Crippen LogP contribution in [0.4, 0.5) is 10.8 Å². The summed E-state index contributed by atoms with van der Waals surface area (Å²) < 4.78 is 0.934. The molecule has 1 aromatic heterocycles. The van der Waals surface area contributed by atoms with Crippen molar-refractivity contribution in [2.45, 2.75) is 59.8 Å². The number of benzene rings is 2. The summed E-state index contributed by atoms with van der Waals surface area (Å²) in [6.07, 6.45) is 7.98. The van der Waals surface area contributed by atoms with Gasteiger partial charge in [-0.05, 0) is 43.2 Å². The van der Waals surface area contributed by atoms with Crippen LogP contribution < -0.4 is 10.6 Å². The second-order valence-electron chi connectivity index (χ2n) is 7.55. The van der Waals surface area contributed by atoms with Gasteiger partial charge in [-0.3, -0.25) is 14.9 Å². The van der Waals surface area contributed by atoms with Gasteiger partial charge in [-0.25, -0.2) is 4.98 Å². The molecule has 5 nitrogen and oxygen atoms in total. The highest BCUT2D eigenvalue weighted by molar-refractivity contribution is 7.22. The Hall–Kier alpha value is -2.73. The van der Waals surface area contributed by atoms with Gasteiger partial charge in [-0.1, -0.05) is 76.5 Å². The Morgan fingerprint density at radius 1 is 0.871 bits per heavy atom. The van der Waals surface area contributed by atoms with E-state index in [0.717, 1.165) is 41.6 Å². The first-order chi connectivity index (χ1) is 14.2.